The summed E-state index contributed by atoms with van der Waals surface area (Å²) in [5.41, 5.74) is 3.24. The van der Waals surface area contributed by atoms with Crippen molar-refractivity contribution in [3.63, 3.8) is 0 Å². The molecule has 0 aromatic heterocycles. The van der Waals surface area contributed by atoms with Crippen LogP contribution in [0.1, 0.15) is 15.9 Å². The Labute approximate surface area is 140 Å². The van der Waals surface area contributed by atoms with Gasteiger partial charge in [-0.2, -0.15) is 0 Å². The zero-order valence-corrected chi connectivity index (χ0v) is 14.3. The van der Waals surface area contributed by atoms with E-state index in [2.05, 4.69) is 15.0 Å². The second kappa shape index (κ2) is 7.33. The number of nitrogens with one attached hydrogen (secondary N) is 2. The van der Waals surface area contributed by atoms with Crippen LogP contribution in [0.15, 0.2) is 47.4 Å². The van der Waals surface area contributed by atoms with E-state index in [1.807, 2.05) is 0 Å². The number of rotatable bonds is 6. The molecule has 0 unspecified atom stereocenters. The molecule has 2 rings (SSSR count). The van der Waals surface area contributed by atoms with Gasteiger partial charge in [0.05, 0.1) is 19.1 Å². The second-order valence-corrected chi connectivity index (χ2v) is 6.60. The summed E-state index contributed by atoms with van der Waals surface area (Å²) < 4.78 is 32.7. The van der Waals surface area contributed by atoms with Crippen LogP contribution in [0.2, 0.25) is 0 Å². The topological polar surface area (TPSA) is 93.7 Å². The predicted molar refractivity (Wildman–Crippen MR) is 89.5 cm³/mol. The summed E-state index contributed by atoms with van der Waals surface area (Å²) >= 11 is 0. The molecular weight excluding hydrogens is 332 g/mol. The number of benzene rings is 2. The number of ether oxygens (including phenoxy) is 1. The Balaban J connectivity index is 2.33. The lowest BCUT2D eigenvalue weighted by molar-refractivity contribution is 0.0537. The van der Waals surface area contributed by atoms with Gasteiger partial charge in [-0.05, 0) is 48.9 Å². The van der Waals surface area contributed by atoms with Gasteiger partial charge in [-0.3, -0.25) is 14.4 Å². The highest BCUT2D eigenvalue weighted by Crippen LogP contribution is 2.22. The van der Waals surface area contributed by atoms with Gasteiger partial charge < -0.3 is 4.74 Å². The summed E-state index contributed by atoms with van der Waals surface area (Å²) in [6, 6.07) is 10.9. The zero-order chi connectivity index (χ0) is 17.7. The van der Waals surface area contributed by atoms with Gasteiger partial charge in [-0.15, -0.1) is 0 Å². The van der Waals surface area contributed by atoms with Crippen LogP contribution in [0.25, 0.3) is 0 Å². The second-order valence-electron chi connectivity index (χ2n) is 4.95. The van der Waals surface area contributed by atoms with Crippen molar-refractivity contribution in [2.24, 2.45) is 0 Å². The molecule has 0 spiro atoms. The molecule has 2 aromatic rings. The molecule has 0 heterocycles. The lowest BCUT2D eigenvalue weighted by Gasteiger charge is -2.12. The van der Waals surface area contributed by atoms with Crippen LogP contribution in [0.5, 0.6) is 5.75 Å². The first-order valence-corrected chi connectivity index (χ1v) is 8.46. The van der Waals surface area contributed by atoms with E-state index in [1.54, 1.807) is 37.3 Å². The Morgan fingerprint density at radius 1 is 1.04 bits per heavy atom. The van der Waals surface area contributed by atoms with Crippen molar-refractivity contribution < 1.29 is 22.8 Å². The van der Waals surface area contributed by atoms with Crippen LogP contribution < -0.4 is 14.9 Å². The van der Waals surface area contributed by atoms with Crippen LogP contribution >= 0.6 is 0 Å². The third kappa shape index (κ3) is 4.03. The molecule has 7 nitrogen and oxygen atoms in total. The normalized spacial score (nSPS) is 11.0. The number of carbonyl (C=O) groups is 1. The molecule has 2 aromatic carbocycles. The molecule has 0 aliphatic rings. The molecule has 0 radical (unpaired) electrons. The van der Waals surface area contributed by atoms with Gasteiger partial charge in [0.1, 0.15) is 5.75 Å². The highest BCUT2D eigenvalue weighted by molar-refractivity contribution is 7.92. The van der Waals surface area contributed by atoms with E-state index >= 15 is 0 Å². The smallest absolute Gasteiger partial charge is 0.274 e. The number of carbonyl (C=O) groups excluding carboxylic acids is 1. The number of aryl methyl sites for hydroxylation is 1. The molecule has 2 N–H and O–H groups in total. The van der Waals surface area contributed by atoms with E-state index in [9.17, 15) is 13.2 Å². The van der Waals surface area contributed by atoms with E-state index < -0.39 is 15.9 Å². The summed E-state index contributed by atoms with van der Waals surface area (Å²) in [5, 5.41) is 0. The Morgan fingerprint density at radius 3 is 2.29 bits per heavy atom. The number of amides is 1. The zero-order valence-electron chi connectivity index (χ0n) is 13.5. The van der Waals surface area contributed by atoms with Gasteiger partial charge >= 0.3 is 0 Å². The van der Waals surface area contributed by atoms with Crippen molar-refractivity contribution in [2.75, 3.05) is 18.9 Å². The average Bonchev–Trinajstić information content (AvgIpc) is 2.55. The maximum absolute atomic E-state index is 12.6. The van der Waals surface area contributed by atoms with Gasteiger partial charge in [-0.1, -0.05) is 6.07 Å². The molecule has 0 saturated heterocycles. The molecule has 0 bridgehead atoms. The fourth-order valence-corrected chi connectivity index (χ4v) is 3.38. The Morgan fingerprint density at radius 2 is 1.71 bits per heavy atom. The number of hydrogen-bond donors (Lipinski definition) is 2. The van der Waals surface area contributed by atoms with E-state index in [-0.39, 0.29) is 10.5 Å². The van der Waals surface area contributed by atoms with Gasteiger partial charge in [0, 0.05) is 11.3 Å². The number of sulfonamides is 1. The molecule has 1 amide bonds. The summed E-state index contributed by atoms with van der Waals surface area (Å²) in [6.07, 6.45) is 0. The Hall–Kier alpha value is -2.58. The Kier molecular flexibility index (Phi) is 5.42. The molecule has 0 atom stereocenters. The maximum atomic E-state index is 12.6. The van der Waals surface area contributed by atoms with Crippen molar-refractivity contribution in [3.05, 3.63) is 53.6 Å². The van der Waals surface area contributed by atoms with Crippen molar-refractivity contribution in [1.82, 2.24) is 5.48 Å². The summed E-state index contributed by atoms with van der Waals surface area (Å²) in [4.78, 5) is 16.4. The lowest BCUT2D eigenvalue weighted by atomic mass is 10.1. The van der Waals surface area contributed by atoms with Crippen molar-refractivity contribution in [2.45, 2.75) is 11.8 Å². The fourth-order valence-electron chi connectivity index (χ4n) is 2.05. The minimum absolute atomic E-state index is 0.0158. The Bertz CT molecular complexity index is 832. The van der Waals surface area contributed by atoms with Gasteiger partial charge in [0.2, 0.25) is 0 Å². The van der Waals surface area contributed by atoms with Crippen molar-refractivity contribution >= 4 is 21.6 Å². The summed E-state index contributed by atoms with van der Waals surface area (Å²) in [6.45, 7) is 1.65. The molecule has 8 heteroatoms. The largest absolute Gasteiger partial charge is 0.497 e. The first-order valence-electron chi connectivity index (χ1n) is 6.98. The number of methoxy groups -OCH3 is 1. The third-order valence-corrected chi connectivity index (χ3v) is 4.80. The van der Waals surface area contributed by atoms with E-state index in [0.29, 0.717) is 17.0 Å². The van der Waals surface area contributed by atoms with Gasteiger partial charge in [0.15, 0.2) is 0 Å². The molecule has 0 aliphatic carbocycles. The molecule has 0 aliphatic heterocycles. The standard InChI is InChI=1S/C16H18N2O5S/c1-11-4-5-12(16(19)17-23-3)10-15(11)24(20,21)18-13-6-8-14(22-2)9-7-13/h4-10,18H,1-3H3,(H,17,19). The number of hydroxylamine groups is 1. The highest BCUT2D eigenvalue weighted by atomic mass is 32.2. The van der Waals surface area contributed by atoms with Crippen molar-refractivity contribution in [1.29, 1.82) is 0 Å². The quantitative estimate of drug-likeness (QED) is 0.778. The van der Waals surface area contributed by atoms with Crippen LogP contribution in [-0.4, -0.2) is 28.5 Å². The van der Waals surface area contributed by atoms with Gasteiger partial charge in [-0.25, -0.2) is 13.9 Å². The van der Waals surface area contributed by atoms with Gasteiger partial charge in [0.25, 0.3) is 15.9 Å². The minimum Gasteiger partial charge on any atom is -0.497 e. The molecular formula is C16H18N2O5S. The first-order chi connectivity index (χ1) is 11.4. The molecule has 0 fully saturated rings. The van der Waals surface area contributed by atoms with Crippen LogP contribution in [0, 0.1) is 6.92 Å². The summed E-state index contributed by atoms with van der Waals surface area (Å²) in [7, 11) is -1.02. The number of hydrogen-bond acceptors (Lipinski definition) is 5. The van der Waals surface area contributed by atoms with Crippen LogP contribution in [0.3, 0.4) is 0 Å². The molecule has 0 saturated carbocycles. The fraction of sp³-hybridized carbons (Fsp3) is 0.188. The minimum atomic E-state index is -3.85. The first kappa shape index (κ1) is 17.8. The maximum Gasteiger partial charge on any atom is 0.274 e. The third-order valence-electron chi connectivity index (χ3n) is 3.28. The monoisotopic (exact) mass is 350 g/mol. The summed E-state index contributed by atoms with van der Waals surface area (Å²) in [5.74, 6) is 0.0887. The van der Waals surface area contributed by atoms with E-state index in [4.69, 9.17) is 4.74 Å². The highest BCUT2D eigenvalue weighted by Gasteiger charge is 2.19. The van der Waals surface area contributed by atoms with Crippen LogP contribution in [0.4, 0.5) is 5.69 Å². The SMILES string of the molecule is CONC(=O)c1ccc(C)c(S(=O)(=O)Nc2ccc(OC)cc2)c1. The predicted octanol–water partition coefficient (Wildman–Crippen LogP) is 2.10. The number of anilines is 1. The lowest BCUT2D eigenvalue weighted by Crippen LogP contribution is -2.22. The van der Waals surface area contributed by atoms with Crippen LogP contribution in [-0.2, 0) is 14.9 Å². The van der Waals surface area contributed by atoms with E-state index in [1.165, 1.54) is 26.4 Å². The van der Waals surface area contributed by atoms with Crippen molar-refractivity contribution in [3.8, 4) is 5.75 Å². The average molecular weight is 350 g/mol. The van der Waals surface area contributed by atoms with E-state index in [0.717, 1.165) is 0 Å². The molecule has 24 heavy (non-hydrogen) atoms. The molecule has 128 valence electrons.